The molecule has 1 rings (SSSR count). The molecule has 1 aromatic carbocycles. The molecule has 1 unspecified atom stereocenters. The zero-order valence-corrected chi connectivity index (χ0v) is 11.1. The number of benzene rings is 1. The van der Waals surface area contributed by atoms with Crippen molar-refractivity contribution < 1.29 is 19.1 Å². The molecule has 0 aliphatic rings. The number of ether oxygens (including phenoxy) is 2. The Morgan fingerprint density at radius 1 is 1.00 bits per heavy atom. The molecule has 0 radical (unpaired) electrons. The van der Waals surface area contributed by atoms with E-state index in [0.29, 0.717) is 0 Å². The smallest absolute Gasteiger partial charge is 0.314 e. The van der Waals surface area contributed by atoms with Gasteiger partial charge in [0, 0.05) is 6.92 Å². The van der Waals surface area contributed by atoms with Crippen LogP contribution in [0.5, 0.6) is 11.5 Å². The predicted octanol–water partition coefficient (Wildman–Crippen LogP) is 2.81. The maximum absolute atomic E-state index is 11.8. The molecule has 0 aliphatic carbocycles. The summed E-state index contributed by atoms with van der Waals surface area (Å²) in [5.41, 5.74) is 0. The lowest BCUT2D eigenvalue weighted by Crippen LogP contribution is -2.22. The third-order valence-electron chi connectivity index (χ3n) is 2.69. The molecular weight excluding hydrogens is 232 g/mol. The molecule has 0 heterocycles. The van der Waals surface area contributed by atoms with Gasteiger partial charge in [0.15, 0.2) is 11.5 Å². The zero-order valence-electron chi connectivity index (χ0n) is 11.1. The molecule has 4 heteroatoms. The van der Waals surface area contributed by atoms with E-state index in [1.165, 1.54) is 6.92 Å². The summed E-state index contributed by atoms with van der Waals surface area (Å²) in [6, 6.07) is 6.62. The van der Waals surface area contributed by atoms with Gasteiger partial charge in [-0.1, -0.05) is 32.9 Å². The summed E-state index contributed by atoms with van der Waals surface area (Å²) in [5.74, 6) is -0.270. The van der Waals surface area contributed by atoms with E-state index >= 15 is 0 Å². The van der Waals surface area contributed by atoms with Gasteiger partial charge in [0.25, 0.3) is 0 Å². The highest BCUT2D eigenvalue weighted by atomic mass is 16.6. The first-order valence-corrected chi connectivity index (χ1v) is 5.91. The summed E-state index contributed by atoms with van der Waals surface area (Å²) < 4.78 is 10.2. The van der Waals surface area contributed by atoms with Crippen molar-refractivity contribution in [2.75, 3.05) is 0 Å². The van der Waals surface area contributed by atoms with Gasteiger partial charge in [-0.2, -0.15) is 0 Å². The minimum Gasteiger partial charge on any atom is -0.423 e. The van der Waals surface area contributed by atoms with Crippen LogP contribution in [-0.2, 0) is 9.59 Å². The number of carbonyl (C=O) groups is 2. The normalized spacial score (nSPS) is 12.1. The molecule has 1 aromatic rings. The first-order valence-electron chi connectivity index (χ1n) is 5.91. The quantitative estimate of drug-likeness (QED) is 0.609. The second kappa shape index (κ2) is 6.19. The van der Waals surface area contributed by atoms with Gasteiger partial charge in [-0.25, -0.2) is 0 Å². The van der Waals surface area contributed by atoms with Crippen molar-refractivity contribution >= 4 is 11.9 Å². The standard InChI is InChI=1S/C14H18O4/c1-9(2)10(3)14(16)18-13-8-6-5-7-12(13)17-11(4)15/h5-10H,1-4H3. The van der Waals surface area contributed by atoms with Gasteiger partial charge in [0.2, 0.25) is 0 Å². The van der Waals surface area contributed by atoms with Crippen molar-refractivity contribution in [1.82, 2.24) is 0 Å². The molecule has 0 aliphatic heterocycles. The van der Waals surface area contributed by atoms with Crippen LogP contribution in [0.25, 0.3) is 0 Å². The van der Waals surface area contributed by atoms with E-state index in [2.05, 4.69) is 0 Å². The van der Waals surface area contributed by atoms with Gasteiger partial charge < -0.3 is 9.47 Å². The van der Waals surface area contributed by atoms with Crippen LogP contribution < -0.4 is 9.47 Å². The average molecular weight is 250 g/mol. The molecule has 0 saturated carbocycles. The fraction of sp³-hybridized carbons (Fsp3) is 0.429. The average Bonchev–Trinajstić information content (AvgIpc) is 2.29. The first kappa shape index (κ1) is 14.2. The molecule has 0 aromatic heterocycles. The van der Waals surface area contributed by atoms with Crippen LogP contribution >= 0.6 is 0 Å². The second-order valence-corrected chi connectivity index (χ2v) is 4.49. The van der Waals surface area contributed by atoms with E-state index in [1.807, 2.05) is 13.8 Å². The number of hydrogen-bond acceptors (Lipinski definition) is 4. The first-order chi connectivity index (χ1) is 8.41. The topological polar surface area (TPSA) is 52.6 Å². The fourth-order valence-electron chi connectivity index (χ4n) is 1.25. The van der Waals surface area contributed by atoms with E-state index in [-0.39, 0.29) is 29.3 Å². The molecule has 0 bridgehead atoms. The lowest BCUT2D eigenvalue weighted by molar-refractivity contribution is -0.140. The predicted molar refractivity (Wildman–Crippen MR) is 67.4 cm³/mol. The van der Waals surface area contributed by atoms with Crippen LogP contribution in [0.4, 0.5) is 0 Å². The maximum atomic E-state index is 11.8. The molecule has 0 N–H and O–H groups in total. The third kappa shape index (κ3) is 3.87. The highest BCUT2D eigenvalue weighted by Crippen LogP contribution is 2.28. The number of esters is 2. The molecular formula is C14H18O4. The summed E-state index contributed by atoms with van der Waals surface area (Å²) in [7, 11) is 0. The SMILES string of the molecule is CC(=O)Oc1ccccc1OC(=O)C(C)C(C)C. The van der Waals surface area contributed by atoms with Crippen LogP contribution in [-0.4, -0.2) is 11.9 Å². The van der Waals surface area contributed by atoms with Gasteiger partial charge in [-0.3, -0.25) is 9.59 Å². The van der Waals surface area contributed by atoms with Gasteiger partial charge in [0.05, 0.1) is 5.92 Å². The Morgan fingerprint density at radius 3 is 1.94 bits per heavy atom. The fourth-order valence-corrected chi connectivity index (χ4v) is 1.25. The third-order valence-corrected chi connectivity index (χ3v) is 2.69. The minimum atomic E-state index is -0.449. The van der Waals surface area contributed by atoms with Gasteiger partial charge in [-0.15, -0.1) is 0 Å². The van der Waals surface area contributed by atoms with Crippen LogP contribution in [0.3, 0.4) is 0 Å². The lowest BCUT2D eigenvalue weighted by Gasteiger charge is -2.15. The van der Waals surface area contributed by atoms with E-state index in [0.717, 1.165) is 0 Å². The van der Waals surface area contributed by atoms with Crippen molar-refractivity contribution in [2.45, 2.75) is 27.7 Å². The summed E-state index contributed by atoms with van der Waals surface area (Å²) in [4.78, 5) is 22.8. The zero-order chi connectivity index (χ0) is 13.7. The Hall–Kier alpha value is -1.84. The highest BCUT2D eigenvalue weighted by Gasteiger charge is 2.20. The van der Waals surface area contributed by atoms with Crippen molar-refractivity contribution in [2.24, 2.45) is 11.8 Å². The number of para-hydroxylation sites is 2. The Kier molecular flexibility index (Phi) is 4.89. The molecule has 98 valence electrons. The molecule has 18 heavy (non-hydrogen) atoms. The Bertz CT molecular complexity index is 437. The van der Waals surface area contributed by atoms with E-state index in [4.69, 9.17) is 9.47 Å². The second-order valence-electron chi connectivity index (χ2n) is 4.49. The molecule has 1 atom stereocenters. The van der Waals surface area contributed by atoms with Crippen molar-refractivity contribution in [3.05, 3.63) is 24.3 Å². The van der Waals surface area contributed by atoms with Crippen molar-refractivity contribution in [3.63, 3.8) is 0 Å². The molecule has 0 saturated heterocycles. The maximum Gasteiger partial charge on any atom is 0.314 e. The van der Waals surface area contributed by atoms with E-state index in [9.17, 15) is 9.59 Å². The monoisotopic (exact) mass is 250 g/mol. The van der Waals surface area contributed by atoms with E-state index < -0.39 is 5.97 Å². The van der Waals surface area contributed by atoms with Crippen LogP contribution in [0.1, 0.15) is 27.7 Å². The molecule has 0 fully saturated rings. The van der Waals surface area contributed by atoms with Crippen molar-refractivity contribution in [1.29, 1.82) is 0 Å². The highest BCUT2D eigenvalue weighted by molar-refractivity contribution is 5.76. The Balaban J connectivity index is 2.84. The van der Waals surface area contributed by atoms with Gasteiger partial charge >= 0.3 is 11.9 Å². The Labute approximate surface area is 107 Å². The van der Waals surface area contributed by atoms with Crippen LogP contribution in [0.2, 0.25) is 0 Å². The largest absolute Gasteiger partial charge is 0.423 e. The molecule has 4 nitrogen and oxygen atoms in total. The molecule has 0 amide bonds. The number of carbonyl (C=O) groups excluding carboxylic acids is 2. The minimum absolute atomic E-state index is 0.193. The molecule has 0 spiro atoms. The number of hydrogen-bond donors (Lipinski definition) is 0. The van der Waals surface area contributed by atoms with Crippen LogP contribution in [0.15, 0.2) is 24.3 Å². The summed E-state index contributed by atoms with van der Waals surface area (Å²) in [6.45, 7) is 7.00. The van der Waals surface area contributed by atoms with E-state index in [1.54, 1.807) is 31.2 Å². The Morgan fingerprint density at radius 2 is 1.50 bits per heavy atom. The summed E-state index contributed by atoms with van der Waals surface area (Å²) in [5, 5.41) is 0. The summed E-state index contributed by atoms with van der Waals surface area (Å²) in [6.07, 6.45) is 0. The number of rotatable bonds is 4. The van der Waals surface area contributed by atoms with Crippen molar-refractivity contribution in [3.8, 4) is 11.5 Å². The lowest BCUT2D eigenvalue weighted by atomic mass is 9.99. The summed E-state index contributed by atoms with van der Waals surface area (Å²) >= 11 is 0. The van der Waals surface area contributed by atoms with Gasteiger partial charge in [-0.05, 0) is 18.1 Å². The van der Waals surface area contributed by atoms with Crippen LogP contribution in [0, 0.1) is 11.8 Å². The van der Waals surface area contributed by atoms with Gasteiger partial charge in [0.1, 0.15) is 0 Å².